The third-order valence-corrected chi connectivity index (χ3v) is 13.5. The molecule has 0 saturated carbocycles. The predicted octanol–water partition coefficient (Wildman–Crippen LogP) is 14.7. The number of unbranched alkanes of at least 4 members (excludes halogenated alkanes) is 32. The van der Waals surface area contributed by atoms with E-state index in [4.69, 9.17) is 23.7 Å². The van der Waals surface area contributed by atoms with Gasteiger partial charge in [0.25, 0.3) is 0 Å². The molecule has 1 aliphatic rings. The maximum absolute atomic E-state index is 13.1. The van der Waals surface area contributed by atoms with Crippen molar-refractivity contribution in [3.63, 3.8) is 0 Å². The molecule has 71 heavy (non-hydrogen) atoms. The Balaban J connectivity index is 2.62. The standard InChI is InChI=1S/C59H106O12/c1-4-7-10-13-16-19-21-23-24-25-26-27-28-30-32-35-38-41-44-47-53(62)70-57-55(64)54(63)56(58(65)66)71-59(57)68-49-50(69-52(61)46-43-40-37-33-18-15-12-9-6-3)48-67-51(60)45-42-39-36-34-31-29-22-20-17-14-11-8-5-2/h16,19,23-24,50,54-57,59,63-64H,4-15,17-18,20-22,25-49H2,1-3H3,(H,65,66)/b19-16-,24-23-. The molecule has 0 spiro atoms. The van der Waals surface area contributed by atoms with Crippen LogP contribution in [0.4, 0.5) is 0 Å². The van der Waals surface area contributed by atoms with Crippen molar-refractivity contribution in [2.24, 2.45) is 0 Å². The molecule has 0 aromatic carbocycles. The van der Waals surface area contributed by atoms with Crippen LogP contribution in [0.5, 0.6) is 0 Å². The van der Waals surface area contributed by atoms with Crippen molar-refractivity contribution in [3.05, 3.63) is 24.3 Å². The molecule has 6 atom stereocenters. The van der Waals surface area contributed by atoms with E-state index in [1.54, 1.807) is 0 Å². The van der Waals surface area contributed by atoms with Crippen LogP contribution in [0, 0.1) is 0 Å². The summed E-state index contributed by atoms with van der Waals surface area (Å²) in [5.74, 6) is -3.10. The zero-order valence-electron chi connectivity index (χ0n) is 45.5. The number of ether oxygens (including phenoxy) is 5. The quantitative estimate of drug-likeness (QED) is 0.0228. The van der Waals surface area contributed by atoms with Gasteiger partial charge in [-0.1, -0.05) is 231 Å². The number of hydrogen-bond acceptors (Lipinski definition) is 11. The molecule has 12 heteroatoms. The Morgan fingerprint density at radius 3 is 1.30 bits per heavy atom. The maximum Gasteiger partial charge on any atom is 0.335 e. The molecule has 1 saturated heterocycles. The van der Waals surface area contributed by atoms with Gasteiger partial charge in [-0.05, 0) is 51.4 Å². The summed E-state index contributed by atoms with van der Waals surface area (Å²) in [5, 5.41) is 31.4. The van der Waals surface area contributed by atoms with Gasteiger partial charge in [0.05, 0.1) is 6.61 Å². The van der Waals surface area contributed by atoms with E-state index in [0.717, 1.165) is 77.0 Å². The zero-order valence-corrected chi connectivity index (χ0v) is 45.5. The SMILES string of the molecule is CCCCC/C=C\C/C=C\CCCCCCCCCCCC(=O)OC1C(OCC(COC(=O)CCCCCCCCCCCCCCC)OC(=O)CCCCCCCCCCC)OC(C(=O)O)C(O)C1O. The van der Waals surface area contributed by atoms with Crippen molar-refractivity contribution in [2.45, 2.75) is 314 Å². The fourth-order valence-corrected chi connectivity index (χ4v) is 8.99. The van der Waals surface area contributed by atoms with E-state index < -0.39 is 67.3 Å². The highest BCUT2D eigenvalue weighted by molar-refractivity contribution is 5.74. The highest BCUT2D eigenvalue weighted by atomic mass is 16.7. The van der Waals surface area contributed by atoms with Gasteiger partial charge in [0.2, 0.25) is 0 Å². The number of allylic oxidation sites excluding steroid dienone is 4. The van der Waals surface area contributed by atoms with Crippen LogP contribution in [0.25, 0.3) is 0 Å². The summed E-state index contributed by atoms with van der Waals surface area (Å²) in [6.07, 6.45) is 41.6. The van der Waals surface area contributed by atoms with Gasteiger partial charge >= 0.3 is 23.9 Å². The van der Waals surface area contributed by atoms with Crippen LogP contribution in [-0.4, -0.2) is 89.2 Å². The summed E-state index contributed by atoms with van der Waals surface area (Å²) in [7, 11) is 0. The Bertz CT molecular complexity index is 1340. The monoisotopic (exact) mass is 1010 g/mol. The van der Waals surface area contributed by atoms with Gasteiger partial charge in [-0.25, -0.2) is 4.79 Å². The summed E-state index contributed by atoms with van der Waals surface area (Å²) < 4.78 is 28.4. The van der Waals surface area contributed by atoms with Crippen LogP contribution in [0.15, 0.2) is 24.3 Å². The van der Waals surface area contributed by atoms with E-state index in [2.05, 4.69) is 45.1 Å². The third-order valence-electron chi connectivity index (χ3n) is 13.5. The van der Waals surface area contributed by atoms with Gasteiger partial charge in [-0.2, -0.15) is 0 Å². The smallest absolute Gasteiger partial charge is 0.335 e. The number of hydrogen-bond donors (Lipinski definition) is 3. The molecule has 1 rings (SSSR count). The Morgan fingerprint density at radius 2 is 0.845 bits per heavy atom. The molecule has 0 aromatic heterocycles. The minimum absolute atomic E-state index is 0.0604. The molecular weight excluding hydrogens is 901 g/mol. The molecule has 1 fully saturated rings. The normalized spacial score (nSPS) is 18.6. The highest BCUT2D eigenvalue weighted by Crippen LogP contribution is 2.26. The Labute approximate surface area is 432 Å². The van der Waals surface area contributed by atoms with Crippen molar-refractivity contribution >= 4 is 23.9 Å². The molecular formula is C59H106O12. The predicted molar refractivity (Wildman–Crippen MR) is 285 cm³/mol. The number of carboxylic acid groups (broad SMARTS) is 1. The lowest BCUT2D eigenvalue weighted by Gasteiger charge is -2.40. The van der Waals surface area contributed by atoms with E-state index in [1.165, 1.54) is 141 Å². The molecule has 6 unspecified atom stereocenters. The van der Waals surface area contributed by atoms with Crippen LogP contribution < -0.4 is 0 Å². The minimum Gasteiger partial charge on any atom is -0.479 e. The van der Waals surface area contributed by atoms with Crippen molar-refractivity contribution in [1.82, 2.24) is 0 Å². The van der Waals surface area contributed by atoms with Gasteiger partial charge in [0.1, 0.15) is 18.8 Å². The molecule has 3 N–H and O–H groups in total. The van der Waals surface area contributed by atoms with Gasteiger partial charge < -0.3 is 39.0 Å². The first-order chi connectivity index (χ1) is 34.6. The van der Waals surface area contributed by atoms with Crippen LogP contribution in [-0.2, 0) is 42.9 Å². The van der Waals surface area contributed by atoms with Crippen LogP contribution in [0.1, 0.15) is 278 Å². The van der Waals surface area contributed by atoms with Gasteiger partial charge in [0.15, 0.2) is 24.6 Å². The number of aliphatic hydroxyl groups is 2. The molecule has 0 aromatic rings. The van der Waals surface area contributed by atoms with Crippen molar-refractivity contribution in [3.8, 4) is 0 Å². The summed E-state index contributed by atoms with van der Waals surface area (Å²) in [4.78, 5) is 50.9. The van der Waals surface area contributed by atoms with Crippen molar-refractivity contribution in [2.75, 3.05) is 13.2 Å². The molecule has 0 aliphatic carbocycles. The zero-order chi connectivity index (χ0) is 51.8. The second-order valence-electron chi connectivity index (χ2n) is 20.3. The lowest BCUT2D eigenvalue weighted by atomic mass is 9.98. The van der Waals surface area contributed by atoms with E-state index in [-0.39, 0.29) is 25.9 Å². The Hall–Kier alpha value is -2.80. The highest BCUT2D eigenvalue weighted by Gasteiger charge is 2.50. The fraction of sp³-hybridized carbons (Fsp3) is 0.864. The average molecular weight is 1010 g/mol. The third kappa shape index (κ3) is 38.4. The Morgan fingerprint density at radius 1 is 0.465 bits per heavy atom. The first kappa shape index (κ1) is 66.2. The topological polar surface area (TPSA) is 175 Å². The molecule has 1 aliphatic heterocycles. The first-order valence-corrected chi connectivity index (χ1v) is 29.3. The number of esters is 3. The minimum atomic E-state index is -1.90. The van der Waals surface area contributed by atoms with E-state index in [9.17, 15) is 34.5 Å². The average Bonchev–Trinajstić information content (AvgIpc) is 3.35. The molecule has 0 amide bonds. The molecule has 12 nitrogen and oxygen atoms in total. The second-order valence-corrected chi connectivity index (χ2v) is 20.3. The first-order valence-electron chi connectivity index (χ1n) is 29.3. The molecule has 0 bridgehead atoms. The number of carbonyl (C=O) groups excluding carboxylic acids is 3. The number of carbonyl (C=O) groups is 4. The number of aliphatic carboxylic acids is 1. The van der Waals surface area contributed by atoms with Gasteiger partial charge in [-0.3, -0.25) is 14.4 Å². The summed E-state index contributed by atoms with van der Waals surface area (Å²) in [5.41, 5.74) is 0. The van der Waals surface area contributed by atoms with Crippen molar-refractivity contribution in [1.29, 1.82) is 0 Å². The molecule has 1 heterocycles. The molecule has 0 radical (unpaired) electrons. The van der Waals surface area contributed by atoms with Crippen LogP contribution >= 0.6 is 0 Å². The number of rotatable bonds is 50. The molecule has 414 valence electrons. The van der Waals surface area contributed by atoms with Gasteiger partial charge in [0, 0.05) is 19.3 Å². The lowest BCUT2D eigenvalue weighted by molar-refractivity contribution is -0.301. The van der Waals surface area contributed by atoms with Crippen molar-refractivity contribution < 1.29 is 58.2 Å². The maximum atomic E-state index is 13.1. The van der Waals surface area contributed by atoms with E-state index in [0.29, 0.717) is 19.3 Å². The largest absolute Gasteiger partial charge is 0.479 e. The van der Waals surface area contributed by atoms with Gasteiger partial charge in [-0.15, -0.1) is 0 Å². The summed E-state index contributed by atoms with van der Waals surface area (Å²) in [6, 6.07) is 0. The van der Waals surface area contributed by atoms with Crippen LogP contribution in [0.2, 0.25) is 0 Å². The summed E-state index contributed by atoms with van der Waals surface area (Å²) in [6.45, 7) is 5.96. The number of aliphatic hydroxyl groups excluding tert-OH is 2. The fourth-order valence-electron chi connectivity index (χ4n) is 8.99. The van der Waals surface area contributed by atoms with Crippen LogP contribution in [0.3, 0.4) is 0 Å². The summed E-state index contributed by atoms with van der Waals surface area (Å²) >= 11 is 0. The lowest BCUT2D eigenvalue weighted by Crippen LogP contribution is -2.61. The second kappa shape index (κ2) is 48.2. The number of carboxylic acids is 1. The van der Waals surface area contributed by atoms with E-state index in [1.807, 2.05) is 0 Å². The van der Waals surface area contributed by atoms with E-state index >= 15 is 0 Å². The Kier molecular flexibility index (Phi) is 44.9.